The zero-order valence-corrected chi connectivity index (χ0v) is 13.9. The lowest BCUT2D eigenvalue weighted by Crippen LogP contribution is -2.29. The molecule has 2 rings (SSSR count). The molecule has 1 atom stereocenters. The van der Waals surface area contributed by atoms with Crippen molar-refractivity contribution in [2.75, 3.05) is 13.7 Å². The Morgan fingerprint density at radius 1 is 1.38 bits per heavy atom. The number of sulfonamides is 1. The predicted molar refractivity (Wildman–Crippen MR) is 82.9 cm³/mol. The normalized spacial score (nSPS) is 20.3. The average molecular weight is 312 g/mol. The highest BCUT2D eigenvalue weighted by Gasteiger charge is 2.48. The van der Waals surface area contributed by atoms with Crippen LogP contribution in [0.3, 0.4) is 0 Å². The summed E-state index contributed by atoms with van der Waals surface area (Å²) in [5.41, 5.74) is 1.05. The SMILES string of the molecule is CCNCc1ccc(S(=O)(=O)NC2CC2(C)C)c(OC)c1. The van der Waals surface area contributed by atoms with Gasteiger partial charge in [0.05, 0.1) is 7.11 Å². The minimum Gasteiger partial charge on any atom is -0.495 e. The molecule has 21 heavy (non-hydrogen) atoms. The molecule has 2 N–H and O–H groups in total. The molecular weight excluding hydrogens is 288 g/mol. The van der Waals surface area contributed by atoms with Gasteiger partial charge in [0.1, 0.15) is 10.6 Å². The van der Waals surface area contributed by atoms with E-state index in [4.69, 9.17) is 4.74 Å². The summed E-state index contributed by atoms with van der Waals surface area (Å²) in [7, 11) is -2.05. The van der Waals surface area contributed by atoms with Crippen LogP contribution in [-0.2, 0) is 16.6 Å². The van der Waals surface area contributed by atoms with E-state index < -0.39 is 10.0 Å². The number of ether oxygens (including phenoxy) is 1. The van der Waals surface area contributed by atoms with Crippen LogP contribution in [-0.4, -0.2) is 28.1 Å². The molecule has 1 fully saturated rings. The maximum Gasteiger partial charge on any atom is 0.244 e. The molecule has 1 saturated carbocycles. The summed E-state index contributed by atoms with van der Waals surface area (Å²) < 4.78 is 32.9. The lowest BCUT2D eigenvalue weighted by molar-refractivity contribution is 0.401. The van der Waals surface area contributed by atoms with Crippen LogP contribution in [0.25, 0.3) is 0 Å². The Labute approximate surface area is 127 Å². The molecule has 5 nitrogen and oxygen atoms in total. The van der Waals surface area contributed by atoms with Gasteiger partial charge in [-0.2, -0.15) is 0 Å². The molecule has 0 amide bonds. The fourth-order valence-electron chi connectivity index (χ4n) is 2.23. The van der Waals surface area contributed by atoms with Gasteiger partial charge >= 0.3 is 0 Å². The first kappa shape index (κ1) is 16.3. The molecular formula is C15H24N2O3S. The van der Waals surface area contributed by atoms with E-state index in [9.17, 15) is 8.42 Å². The van der Waals surface area contributed by atoms with E-state index in [0.717, 1.165) is 18.5 Å². The Kier molecular flexibility index (Phi) is 4.60. The highest BCUT2D eigenvalue weighted by atomic mass is 32.2. The summed E-state index contributed by atoms with van der Waals surface area (Å²) in [6.45, 7) is 7.68. The second kappa shape index (κ2) is 5.94. The van der Waals surface area contributed by atoms with Crippen LogP contribution in [0.15, 0.2) is 23.1 Å². The van der Waals surface area contributed by atoms with Crippen LogP contribution < -0.4 is 14.8 Å². The Hall–Kier alpha value is -1.11. The molecule has 0 saturated heterocycles. The zero-order chi connectivity index (χ0) is 15.7. The molecule has 0 bridgehead atoms. The Balaban J connectivity index is 2.22. The minimum atomic E-state index is -3.54. The summed E-state index contributed by atoms with van der Waals surface area (Å²) >= 11 is 0. The highest BCUT2D eigenvalue weighted by Crippen LogP contribution is 2.45. The Morgan fingerprint density at radius 2 is 2.05 bits per heavy atom. The summed E-state index contributed by atoms with van der Waals surface area (Å²) in [6, 6.07) is 5.21. The van der Waals surface area contributed by atoms with E-state index in [2.05, 4.69) is 23.9 Å². The van der Waals surface area contributed by atoms with Gasteiger partial charge in [0.2, 0.25) is 10.0 Å². The predicted octanol–water partition coefficient (Wildman–Crippen LogP) is 1.88. The van der Waals surface area contributed by atoms with Crippen molar-refractivity contribution in [3.05, 3.63) is 23.8 Å². The maximum atomic E-state index is 12.5. The van der Waals surface area contributed by atoms with E-state index in [1.807, 2.05) is 13.0 Å². The lowest BCUT2D eigenvalue weighted by Gasteiger charge is -2.13. The van der Waals surface area contributed by atoms with Crippen molar-refractivity contribution in [2.24, 2.45) is 5.41 Å². The standard InChI is InChI=1S/C15H24N2O3S/c1-5-16-10-11-6-7-13(12(8-11)20-4)21(18,19)17-14-9-15(14,2)3/h6-8,14,16-17H,5,9-10H2,1-4H3. The van der Waals surface area contributed by atoms with Crippen molar-refractivity contribution < 1.29 is 13.2 Å². The third-order valence-electron chi connectivity index (χ3n) is 3.91. The number of rotatable bonds is 7. The fourth-order valence-corrected chi connectivity index (χ4v) is 3.79. The molecule has 1 aromatic carbocycles. The maximum absolute atomic E-state index is 12.5. The summed E-state index contributed by atoms with van der Waals surface area (Å²) in [4.78, 5) is 0.202. The highest BCUT2D eigenvalue weighted by molar-refractivity contribution is 7.89. The summed E-state index contributed by atoms with van der Waals surface area (Å²) in [5.74, 6) is 0.386. The first-order valence-electron chi connectivity index (χ1n) is 7.20. The molecule has 0 aromatic heterocycles. The van der Waals surface area contributed by atoms with Crippen LogP contribution in [0.1, 0.15) is 32.8 Å². The second-order valence-electron chi connectivity index (χ2n) is 6.13. The van der Waals surface area contributed by atoms with Gasteiger partial charge in [-0.25, -0.2) is 13.1 Å². The molecule has 1 aromatic rings. The number of methoxy groups -OCH3 is 1. The van der Waals surface area contributed by atoms with E-state index in [-0.39, 0.29) is 16.4 Å². The van der Waals surface area contributed by atoms with Gasteiger partial charge in [0.25, 0.3) is 0 Å². The van der Waals surface area contributed by atoms with Crippen LogP contribution in [0.4, 0.5) is 0 Å². The van der Waals surface area contributed by atoms with E-state index >= 15 is 0 Å². The van der Waals surface area contributed by atoms with Gasteiger partial charge in [-0.3, -0.25) is 0 Å². The molecule has 1 aliphatic rings. The van der Waals surface area contributed by atoms with E-state index in [0.29, 0.717) is 12.3 Å². The van der Waals surface area contributed by atoms with Crippen molar-refractivity contribution in [1.82, 2.24) is 10.0 Å². The van der Waals surface area contributed by atoms with E-state index in [1.165, 1.54) is 7.11 Å². The third kappa shape index (κ3) is 3.75. The average Bonchev–Trinajstić information content (AvgIpc) is 3.01. The number of hydrogen-bond acceptors (Lipinski definition) is 4. The van der Waals surface area contributed by atoms with Crippen LogP contribution in [0.2, 0.25) is 0 Å². The van der Waals surface area contributed by atoms with Gasteiger partial charge in [-0.15, -0.1) is 0 Å². The molecule has 0 spiro atoms. The van der Waals surface area contributed by atoms with Gasteiger partial charge in [-0.05, 0) is 36.1 Å². The second-order valence-corrected chi connectivity index (χ2v) is 7.81. The van der Waals surface area contributed by atoms with Crippen molar-refractivity contribution in [2.45, 2.75) is 44.7 Å². The molecule has 0 radical (unpaired) electrons. The van der Waals surface area contributed by atoms with Crippen molar-refractivity contribution in [3.63, 3.8) is 0 Å². The lowest BCUT2D eigenvalue weighted by atomic mass is 10.2. The zero-order valence-electron chi connectivity index (χ0n) is 13.1. The molecule has 1 aliphatic carbocycles. The van der Waals surface area contributed by atoms with Crippen molar-refractivity contribution in [3.8, 4) is 5.75 Å². The minimum absolute atomic E-state index is 0.00800. The molecule has 0 aliphatic heterocycles. The smallest absolute Gasteiger partial charge is 0.244 e. The molecule has 0 heterocycles. The Bertz CT molecular complexity index is 611. The first-order valence-corrected chi connectivity index (χ1v) is 8.68. The molecule has 6 heteroatoms. The fraction of sp³-hybridized carbons (Fsp3) is 0.600. The Morgan fingerprint density at radius 3 is 2.57 bits per heavy atom. The van der Waals surface area contributed by atoms with Crippen LogP contribution in [0.5, 0.6) is 5.75 Å². The van der Waals surface area contributed by atoms with Crippen LogP contribution >= 0.6 is 0 Å². The van der Waals surface area contributed by atoms with Crippen LogP contribution in [0, 0.1) is 5.41 Å². The quantitative estimate of drug-likeness (QED) is 0.807. The first-order chi connectivity index (χ1) is 9.80. The molecule has 1 unspecified atom stereocenters. The number of benzene rings is 1. The van der Waals surface area contributed by atoms with E-state index in [1.54, 1.807) is 12.1 Å². The van der Waals surface area contributed by atoms with Gasteiger partial charge in [-0.1, -0.05) is 26.8 Å². The molecule has 118 valence electrons. The number of hydrogen-bond donors (Lipinski definition) is 2. The van der Waals surface area contributed by atoms with Crippen molar-refractivity contribution in [1.29, 1.82) is 0 Å². The monoisotopic (exact) mass is 312 g/mol. The van der Waals surface area contributed by atoms with Gasteiger partial charge in [0, 0.05) is 12.6 Å². The largest absolute Gasteiger partial charge is 0.495 e. The topological polar surface area (TPSA) is 67.4 Å². The third-order valence-corrected chi connectivity index (χ3v) is 5.42. The number of nitrogens with one attached hydrogen (secondary N) is 2. The van der Waals surface area contributed by atoms with Crippen molar-refractivity contribution >= 4 is 10.0 Å². The summed E-state index contributed by atoms with van der Waals surface area (Å²) in [5, 5.41) is 3.21. The van der Waals surface area contributed by atoms with Gasteiger partial charge < -0.3 is 10.1 Å². The van der Waals surface area contributed by atoms with Gasteiger partial charge in [0.15, 0.2) is 0 Å². The summed E-state index contributed by atoms with van der Waals surface area (Å²) in [6.07, 6.45) is 0.868.